The summed E-state index contributed by atoms with van der Waals surface area (Å²) >= 11 is 3.36. The Morgan fingerprint density at radius 1 is 1.35 bits per heavy atom. The van der Waals surface area contributed by atoms with Gasteiger partial charge in [-0.25, -0.2) is 0 Å². The van der Waals surface area contributed by atoms with Crippen LogP contribution in [0.1, 0.15) is 5.56 Å². The highest BCUT2D eigenvalue weighted by atomic mass is 79.9. The van der Waals surface area contributed by atoms with E-state index in [1.807, 2.05) is 24.3 Å². The van der Waals surface area contributed by atoms with Crippen LogP contribution in [0.5, 0.6) is 0 Å². The van der Waals surface area contributed by atoms with E-state index >= 15 is 0 Å². The third-order valence-corrected chi connectivity index (χ3v) is 3.83. The lowest BCUT2D eigenvalue weighted by molar-refractivity contribution is -0.162. The van der Waals surface area contributed by atoms with E-state index in [2.05, 4.69) is 15.9 Å². The lowest BCUT2D eigenvalue weighted by atomic mass is 9.86. The molecule has 0 aromatic heterocycles. The van der Waals surface area contributed by atoms with E-state index in [0.29, 0.717) is 26.3 Å². The number of carbonyl (C=O) groups is 1. The van der Waals surface area contributed by atoms with Crippen LogP contribution in [0.15, 0.2) is 28.7 Å². The monoisotopic (exact) mass is 343 g/mol. The van der Waals surface area contributed by atoms with Gasteiger partial charge in [-0.05, 0) is 17.7 Å². The minimum absolute atomic E-state index is 0.0276. The summed E-state index contributed by atoms with van der Waals surface area (Å²) in [5.74, 6) is -0.108. The van der Waals surface area contributed by atoms with Gasteiger partial charge < -0.3 is 19.5 Å². The molecule has 0 unspecified atom stereocenters. The molecule has 0 radical (unpaired) electrons. The maximum absolute atomic E-state index is 11.8. The van der Waals surface area contributed by atoms with E-state index in [4.69, 9.17) is 9.47 Å². The highest BCUT2D eigenvalue weighted by molar-refractivity contribution is 9.10. The van der Waals surface area contributed by atoms with E-state index in [0.717, 1.165) is 10.0 Å². The van der Waals surface area contributed by atoms with Crippen LogP contribution in [0.3, 0.4) is 0 Å². The summed E-state index contributed by atoms with van der Waals surface area (Å²) in [7, 11) is 1.58. The Morgan fingerprint density at radius 3 is 2.60 bits per heavy atom. The first-order valence-electron chi connectivity index (χ1n) is 6.38. The third kappa shape index (κ3) is 3.58. The zero-order valence-corrected chi connectivity index (χ0v) is 12.9. The van der Waals surface area contributed by atoms with Gasteiger partial charge in [0.25, 0.3) is 0 Å². The van der Waals surface area contributed by atoms with Crippen molar-refractivity contribution in [3.05, 3.63) is 34.3 Å². The van der Waals surface area contributed by atoms with Crippen molar-refractivity contribution in [2.24, 2.45) is 0 Å². The molecule has 0 saturated carbocycles. The van der Waals surface area contributed by atoms with Crippen LogP contribution < -0.4 is 0 Å². The molecular weight excluding hydrogens is 326 g/mol. The minimum atomic E-state index is -0.942. The molecule has 1 heterocycles. The molecule has 20 heavy (non-hydrogen) atoms. The molecule has 1 aromatic rings. The van der Waals surface area contributed by atoms with Gasteiger partial charge in [-0.1, -0.05) is 28.1 Å². The fourth-order valence-electron chi connectivity index (χ4n) is 2.10. The van der Waals surface area contributed by atoms with Gasteiger partial charge in [-0.15, -0.1) is 0 Å². The first kappa shape index (κ1) is 15.4. The number of hydrogen-bond donors (Lipinski definition) is 1. The number of nitrogens with zero attached hydrogens (tertiary/aromatic N) is 1. The summed E-state index contributed by atoms with van der Waals surface area (Å²) in [6.45, 7) is 1.51. The highest BCUT2D eigenvalue weighted by Crippen LogP contribution is 2.32. The summed E-state index contributed by atoms with van der Waals surface area (Å²) in [6, 6.07) is 7.49. The Balaban J connectivity index is 1.80. The summed E-state index contributed by atoms with van der Waals surface area (Å²) in [4.78, 5) is 13.4. The van der Waals surface area contributed by atoms with E-state index < -0.39 is 5.60 Å². The molecule has 6 heteroatoms. The predicted molar refractivity (Wildman–Crippen MR) is 77.3 cm³/mol. The number of hydrogen-bond acceptors (Lipinski definition) is 4. The van der Waals surface area contributed by atoms with Crippen molar-refractivity contribution >= 4 is 21.8 Å². The standard InChI is InChI=1S/C14H18BrNO4/c1-19-6-7-20-8-13(17)16-9-14(18,10-16)11-2-4-12(15)5-3-11/h2-5,18H,6-10H2,1H3. The zero-order valence-electron chi connectivity index (χ0n) is 11.3. The van der Waals surface area contributed by atoms with E-state index in [9.17, 15) is 9.90 Å². The van der Waals surface area contributed by atoms with Crippen molar-refractivity contribution in [1.29, 1.82) is 0 Å². The van der Waals surface area contributed by atoms with Crippen LogP contribution in [0.25, 0.3) is 0 Å². The van der Waals surface area contributed by atoms with Gasteiger partial charge in [-0.2, -0.15) is 0 Å². The van der Waals surface area contributed by atoms with Gasteiger partial charge >= 0.3 is 0 Å². The molecule has 1 fully saturated rings. The third-order valence-electron chi connectivity index (χ3n) is 3.30. The van der Waals surface area contributed by atoms with Gasteiger partial charge in [0, 0.05) is 11.6 Å². The van der Waals surface area contributed by atoms with Gasteiger partial charge in [0.15, 0.2) is 0 Å². The van der Waals surface area contributed by atoms with Crippen LogP contribution in [-0.2, 0) is 19.9 Å². The molecule has 1 aromatic carbocycles. The Hall–Kier alpha value is -0.950. The fraction of sp³-hybridized carbons (Fsp3) is 0.500. The van der Waals surface area contributed by atoms with Crippen molar-refractivity contribution in [3.63, 3.8) is 0 Å². The Kier molecular flexibility index (Phi) is 5.15. The largest absolute Gasteiger partial charge is 0.382 e. The smallest absolute Gasteiger partial charge is 0.248 e. The van der Waals surface area contributed by atoms with Gasteiger partial charge in [0.2, 0.25) is 5.91 Å². The second kappa shape index (κ2) is 6.67. The molecule has 5 nitrogen and oxygen atoms in total. The number of carbonyl (C=O) groups excluding carboxylic acids is 1. The number of benzene rings is 1. The van der Waals surface area contributed by atoms with Crippen LogP contribution in [0.2, 0.25) is 0 Å². The number of ether oxygens (including phenoxy) is 2. The number of likely N-dealkylation sites (tertiary alicyclic amines) is 1. The van der Waals surface area contributed by atoms with Crippen LogP contribution in [0, 0.1) is 0 Å². The number of rotatable bonds is 6. The van der Waals surface area contributed by atoms with Crippen LogP contribution >= 0.6 is 15.9 Å². The maximum atomic E-state index is 11.8. The molecular formula is C14H18BrNO4. The molecule has 1 N–H and O–H groups in total. The summed E-state index contributed by atoms with van der Waals surface area (Å²) in [5, 5.41) is 10.4. The average molecular weight is 344 g/mol. The lowest BCUT2D eigenvalue weighted by Gasteiger charge is -2.46. The van der Waals surface area contributed by atoms with E-state index in [1.54, 1.807) is 12.0 Å². The number of aliphatic hydroxyl groups is 1. The fourth-order valence-corrected chi connectivity index (χ4v) is 2.36. The first-order valence-corrected chi connectivity index (χ1v) is 7.17. The highest BCUT2D eigenvalue weighted by Gasteiger charge is 2.44. The Bertz CT molecular complexity index is 457. The lowest BCUT2D eigenvalue weighted by Crippen LogP contribution is -2.61. The molecule has 2 rings (SSSR count). The topological polar surface area (TPSA) is 59.0 Å². The SMILES string of the molecule is COCCOCC(=O)N1CC(O)(c2ccc(Br)cc2)C1. The molecule has 1 amide bonds. The van der Waals surface area contributed by atoms with Gasteiger partial charge in [-0.3, -0.25) is 4.79 Å². The van der Waals surface area contributed by atoms with E-state index in [1.165, 1.54) is 0 Å². The molecule has 0 aliphatic carbocycles. The summed E-state index contributed by atoms with van der Waals surface area (Å²) in [5.41, 5.74) is -0.117. The second-order valence-corrected chi connectivity index (χ2v) is 5.75. The molecule has 1 aliphatic rings. The first-order chi connectivity index (χ1) is 9.55. The van der Waals surface area contributed by atoms with Crippen LogP contribution in [0.4, 0.5) is 0 Å². The van der Waals surface area contributed by atoms with Gasteiger partial charge in [0.1, 0.15) is 12.2 Å². The quantitative estimate of drug-likeness (QED) is 0.787. The van der Waals surface area contributed by atoms with Crippen molar-refractivity contribution < 1.29 is 19.4 Å². The number of halogens is 1. The molecule has 110 valence electrons. The van der Waals surface area contributed by atoms with Crippen molar-refractivity contribution in [1.82, 2.24) is 4.90 Å². The van der Waals surface area contributed by atoms with Gasteiger partial charge in [0.05, 0.1) is 26.3 Å². The predicted octanol–water partition coefficient (Wildman–Crippen LogP) is 1.14. The molecule has 0 spiro atoms. The molecule has 1 saturated heterocycles. The van der Waals surface area contributed by atoms with Crippen molar-refractivity contribution in [2.45, 2.75) is 5.60 Å². The minimum Gasteiger partial charge on any atom is -0.382 e. The number of methoxy groups -OCH3 is 1. The van der Waals surface area contributed by atoms with Crippen molar-refractivity contribution in [2.75, 3.05) is 40.0 Å². The van der Waals surface area contributed by atoms with Crippen LogP contribution in [-0.4, -0.2) is 55.9 Å². The van der Waals surface area contributed by atoms with E-state index in [-0.39, 0.29) is 12.5 Å². The summed E-state index contributed by atoms with van der Waals surface area (Å²) in [6.07, 6.45) is 0. The number of β-amino-alcohol motifs (C(OH)–C–C–N with tert-alkyl or cyclic N) is 1. The maximum Gasteiger partial charge on any atom is 0.248 e. The Labute approximate surface area is 126 Å². The second-order valence-electron chi connectivity index (χ2n) is 4.83. The molecule has 0 atom stereocenters. The zero-order chi connectivity index (χ0) is 14.6. The number of amides is 1. The normalized spacial score (nSPS) is 16.9. The summed E-state index contributed by atoms with van der Waals surface area (Å²) < 4.78 is 11.0. The molecule has 1 aliphatic heterocycles. The Morgan fingerprint density at radius 2 is 2.00 bits per heavy atom. The van der Waals surface area contributed by atoms with Crippen molar-refractivity contribution in [3.8, 4) is 0 Å². The average Bonchev–Trinajstić information content (AvgIpc) is 2.40. The molecule has 0 bridgehead atoms.